The molecule has 0 spiro atoms. The summed E-state index contributed by atoms with van der Waals surface area (Å²) < 4.78 is 6.55. The van der Waals surface area contributed by atoms with Crippen molar-refractivity contribution >= 4 is 5.91 Å². The number of benzene rings is 1. The second-order valence-corrected chi connectivity index (χ2v) is 6.99. The monoisotopic (exact) mass is 355 g/mol. The highest BCUT2D eigenvalue weighted by molar-refractivity contribution is 5.95. The van der Waals surface area contributed by atoms with E-state index < -0.39 is 0 Å². The lowest BCUT2D eigenvalue weighted by atomic mass is 9.97. The van der Waals surface area contributed by atoms with Crippen LogP contribution in [0.3, 0.4) is 0 Å². The summed E-state index contributed by atoms with van der Waals surface area (Å²) in [5.74, 6) is 0.0238. The van der Waals surface area contributed by atoms with Crippen LogP contribution in [0.2, 0.25) is 0 Å². The molecule has 26 heavy (non-hydrogen) atoms. The molecule has 2 heterocycles. The molecule has 6 nitrogen and oxygen atoms in total. The molecule has 2 atom stereocenters. The molecule has 2 unspecified atom stereocenters. The smallest absolute Gasteiger partial charge is 0.278 e. The van der Waals surface area contributed by atoms with E-state index in [-0.39, 0.29) is 35.0 Å². The number of hydrogen-bond donors (Lipinski definition) is 0. The van der Waals surface area contributed by atoms with E-state index in [9.17, 15) is 9.59 Å². The molecule has 1 saturated heterocycles. The molecule has 1 aromatic carbocycles. The number of aromatic nitrogens is 2. The number of hydrogen-bond acceptors (Lipinski definition) is 4. The number of piperidine rings is 1. The van der Waals surface area contributed by atoms with Crippen LogP contribution in [0.25, 0.3) is 5.69 Å². The zero-order valence-electron chi connectivity index (χ0n) is 15.7. The fourth-order valence-corrected chi connectivity index (χ4v) is 3.56. The van der Waals surface area contributed by atoms with Gasteiger partial charge in [-0.15, -0.1) is 0 Å². The Bertz CT molecular complexity index is 848. The van der Waals surface area contributed by atoms with Crippen LogP contribution in [0.4, 0.5) is 0 Å². The molecular weight excluding hydrogens is 330 g/mol. The number of likely N-dealkylation sites (tertiary alicyclic amines) is 1. The minimum absolute atomic E-state index is 0.137. The zero-order valence-corrected chi connectivity index (χ0v) is 15.7. The van der Waals surface area contributed by atoms with Gasteiger partial charge < -0.3 is 9.64 Å². The molecular formula is C20H25N3O3. The third-order valence-electron chi connectivity index (χ3n) is 5.03. The van der Waals surface area contributed by atoms with Crippen LogP contribution < -0.4 is 10.3 Å². The van der Waals surface area contributed by atoms with Gasteiger partial charge in [0.1, 0.15) is 0 Å². The van der Waals surface area contributed by atoms with E-state index in [0.29, 0.717) is 5.69 Å². The third-order valence-corrected chi connectivity index (χ3v) is 5.03. The highest BCUT2D eigenvalue weighted by Crippen LogP contribution is 2.26. The quantitative estimate of drug-likeness (QED) is 0.849. The minimum atomic E-state index is -0.331. The number of carbonyl (C=O) groups excluding carboxylic acids is 1. The van der Waals surface area contributed by atoms with Crippen LogP contribution in [-0.4, -0.2) is 39.8 Å². The maximum absolute atomic E-state index is 13.2. The topological polar surface area (TPSA) is 64.4 Å². The molecule has 0 saturated carbocycles. The van der Waals surface area contributed by atoms with Crippen LogP contribution in [0, 0.1) is 6.92 Å². The number of ether oxygens (including phenoxy) is 1. The van der Waals surface area contributed by atoms with Gasteiger partial charge in [-0.1, -0.05) is 17.7 Å². The molecule has 1 aromatic heterocycles. The van der Waals surface area contributed by atoms with Gasteiger partial charge in [-0.05, 0) is 52.2 Å². The normalized spacial score (nSPS) is 20.1. The average Bonchev–Trinajstić information content (AvgIpc) is 2.62. The zero-order chi connectivity index (χ0) is 18.8. The van der Waals surface area contributed by atoms with Crippen LogP contribution in [0.5, 0.6) is 5.75 Å². The van der Waals surface area contributed by atoms with Gasteiger partial charge in [0, 0.05) is 12.1 Å². The second kappa shape index (κ2) is 7.32. The Morgan fingerprint density at radius 1 is 1.15 bits per heavy atom. The number of carbonyl (C=O) groups is 1. The molecule has 6 heteroatoms. The number of aryl methyl sites for hydroxylation is 1. The number of nitrogens with zero attached hydrogens (tertiary/aromatic N) is 3. The van der Waals surface area contributed by atoms with E-state index in [1.54, 1.807) is 0 Å². The number of methoxy groups -OCH3 is 1. The summed E-state index contributed by atoms with van der Waals surface area (Å²) in [6, 6.07) is 9.05. The maximum atomic E-state index is 13.2. The molecule has 0 N–H and O–H groups in total. The van der Waals surface area contributed by atoms with Crippen molar-refractivity contribution in [2.75, 3.05) is 7.11 Å². The van der Waals surface area contributed by atoms with E-state index in [4.69, 9.17) is 4.74 Å². The Hall–Kier alpha value is -2.63. The standard InChI is InChI=1S/C20H25N3O3/c1-13-8-10-16(11-9-13)23-18(24)12-17(26-4)19(21-23)20(25)22-14(2)6-5-7-15(22)3/h8-12,14-15H,5-7H2,1-4H3. The minimum Gasteiger partial charge on any atom is -0.494 e. The maximum Gasteiger partial charge on any atom is 0.278 e. The van der Waals surface area contributed by atoms with Gasteiger partial charge in [-0.3, -0.25) is 9.59 Å². The summed E-state index contributed by atoms with van der Waals surface area (Å²) >= 11 is 0. The van der Waals surface area contributed by atoms with Gasteiger partial charge >= 0.3 is 0 Å². The Morgan fingerprint density at radius 3 is 2.35 bits per heavy atom. The lowest BCUT2D eigenvalue weighted by molar-refractivity contribution is 0.0499. The van der Waals surface area contributed by atoms with Crippen molar-refractivity contribution < 1.29 is 9.53 Å². The summed E-state index contributed by atoms with van der Waals surface area (Å²) in [4.78, 5) is 27.5. The lowest BCUT2D eigenvalue weighted by Gasteiger charge is -2.38. The third kappa shape index (κ3) is 3.36. The summed E-state index contributed by atoms with van der Waals surface area (Å²) in [5, 5.41) is 4.37. The largest absolute Gasteiger partial charge is 0.494 e. The van der Waals surface area contributed by atoms with Gasteiger partial charge in [0.05, 0.1) is 18.9 Å². The molecule has 1 fully saturated rings. The molecule has 0 aliphatic carbocycles. The lowest BCUT2D eigenvalue weighted by Crippen LogP contribution is -2.48. The average molecular weight is 355 g/mol. The van der Waals surface area contributed by atoms with Crippen molar-refractivity contribution in [1.29, 1.82) is 0 Å². The first-order chi connectivity index (χ1) is 12.4. The highest BCUT2D eigenvalue weighted by Gasteiger charge is 2.32. The van der Waals surface area contributed by atoms with Crippen molar-refractivity contribution in [3.05, 3.63) is 51.9 Å². The predicted octanol–water partition coefficient (Wildman–Crippen LogP) is 2.95. The van der Waals surface area contributed by atoms with Crippen molar-refractivity contribution in [1.82, 2.24) is 14.7 Å². The van der Waals surface area contributed by atoms with Crippen molar-refractivity contribution in [3.63, 3.8) is 0 Å². The van der Waals surface area contributed by atoms with Crippen molar-refractivity contribution in [2.24, 2.45) is 0 Å². The molecule has 1 amide bonds. The summed E-state index contributed by atoms with van der Waals surface area (Å²) in [7, 11) is 1.45. The molecule has 1 aliphatic rings. The first kappa shape index (κ1) is 18.2. The van der Waals surface area contributed by atoms with Crippen molar-refractivity contribution in [3.8, 4) is 11.4 Å². The van der Waals surface area contributed by atoms with E-state index in [0.717, 1.165) is 24.8 Å². The molecule has 1 aliphatic heterocycles. The van der Waals surface area contributed by atoms with E-state index in [1.165, 1.54) is 17.9 Å². The fourth-order valence-electron chi connectivity index (χ4n) is 3.56. The van der Waals surface area contributed by atoms with E-state index >= 15 is 0 Å². The summed E-state index contributed by atoms with van der Waals surface area (Å²) in [6.45, 7) is 6.08. The van der Waals surface area contributed by atoms with Crippen LogP contribution >= 0.6 is 0 Å². The van der Waals surface area contributed by atoms with Gasteiger partial charge in [0.15, 0.2) is 11.4 Å². The van der Waals surface area contributed by atoms with Crippen LogP contribution in [0.1, 0.15) is 49.2 Å². The SMILES string of the molecule is COc1cc(=O)n(-c2ccc(C)cc2)nc1C(=O)N1C(C)CCCC1C. The van der Waals surface area contributed by atoms with Gasteiger partial charge in [-0.2, -0.15) is 9.78 Å². The Morgan fingerprint density at radius 2 is 1.77 bits per heavy atom. The second-order valence-electron chi connectivity index (χ2n) is 6.99. The number of amides is 1. The molecule has 2 aromatic rings. The summed E-state index contributed by atoms with van der Waals surface area (Å²) in [6.07, 6.45) is 3.05. The van der Waals surface area contributed by atoms with Gasteiger partial charge in [0.25, 0.3) is 11.5 Å². The fraction of sp³-hybridized carbons (Fsp3) is 0.450. The van der Waals surface area contributed by atoms with Gasteiger partial charge in [0.2, 0.25) is 0 Å². The molecule has 0 radical (unpaired) electrons. The van der Waals surface area contributed by atoms with Crippen LogP contribution in [-0.2, 0) is 0 Å². The molecule has 138 valence electrons. The Labute approximate surface area is 153 Å². The molecule has 3 rings (SSSR count). The highest BCUT2D eigenvalue weighted by atomic mass is 16.5. The predicted molar refractivity (Wildman–Crippen MR) is 100 cm³/mol. The first-order valence-corrected chi connectivity index (χ1v) is 9.00. The van der Waals surface area contributed by atoms with Crippen molar-refractivity contribution in [2.45, 2.75) is 52.1 Å². The summed E-state index contributed by atoms with van der Waals surface area (Å²) in [5.41, 5.74) is 1.55. The van der Waals surface area contributed by atoms with Crippen LogP contribution in [0.15, 0.2) is 35.1 Å². The number of rotatable bonds is 3. The Kier molecular flexibility index (Phi) is 5.11. The first-order valence-electron chi connectivity index (χ1n) is 9.00. The Balaban J connectivity index is 2.08. The van der Waals surface area contributed by atoms with Gasteiger partial charge in [-0.25, -0.2) is 0 Å². The van der Waals surface area contributed by atoms with E-state index in [2.05, 4.69) is 18.9 Å². The molecule has 0 bridgehead atoms. The van der Waals surface area contributed by atoms with E-state index in [1.807, 2.05) is 36.1 Å².